The maximum Gasteiger partial charge on any atom is 0.433 e. The van der Waals surface area contributed by atoms with E-state index in [0.29, 0.717) is 12.0 Å². The molecule has 15 heteroatoms. The molecule has 0 bridgehead atoms. The SMILES string of the molecule is COCCN(CCC(=O)O)S(=O)(=O)c1ccc([C@@H](CC2CCCC2)C(=O)Nc2nc3ccc(C(F)(F)F)nc3s2)cc1. The van der Waals surface area contributed by atoms with Crippen LogP contribution in [0.1, 0.15) is 55.7 Å². The zero-order valence-corrected chi connectivity index (χ0v) is 24.4. The van der Waals surface area contributed by atoms with E-state index in [1.165, 1.54) is 25.3 Å². The van der Waals surface area contributed by atoms with Crippen molar-refractivity contribution in [3.05, 3.63) is 47.7 Å². The second-order valence-electron chi connectivity index (χ2n) is 10.1. The van der Waals surface area contributed by atoms with Crippen molar-refractivity contribution in [3.63, 3.8) is 0 Å². The molecule has 2 aromatic heterocycles. The summed E-state index contributed by atoms with van der Waals surface area (Å²) < 4.78 is 71.8. The van der Waals surface area contributed by atoms with Crippen LogP contribution in [0.5, 0.6) is 0 Å². The number of hydrogen-bond donors (Lipinski definition) is 2. The molecule has 1 amide bonds. The van der Waals surface area contributed by atoms with Gasteiger partial charge in [-0.15, -0.1) is 0 Å². The molecule has 3 aromatic rings. The van der Waals surface area contributed by atoms with Crippen molar-refractivity contribution in [3.8, 4) is 0 Å². The molecule has 0 aliphatic heterocycles. The molecule has 1 atom stereocenters. The number of aromatic nitrogens is 2. The number of anilines is 1. The Balaban J connectivity index is 1.57. The lowest BCUT2D eigenvalue weighted by Crippen LogP contribution is -2.35. The maximum atomic E-state index is 13.5. The minimum Gasteiger partial charge on any atom is -0.481 e. The molecular formula is C27H31F3N4O6S2. The maximum absolute atomic E-state index is 13.5. The van der Waals surface area contributed by atoms with E-state index in [2.05, 4.69) is 15.3 Å². The quantitative estimate of drug-likeness (QED) is 0.266. The van der Waals surface area contributed by atoms with Gasteiger partial charge in [0.05, 0.1) is 23.8 Å². The number of halogens is 3. The highest BCUT2D eigenvalue weighted by Crippen LogP contribution is 2.36. The van der Waals surface area contributed by atoms with Gasteiger partial charge in [0.1, 0.15) is 16.0 Å². The van der Waals surface area contributed by atoms with Gasteiger partial charge in [-0.05, 0) is 42.2 Å². The van der Waals surface area contributed by atoms with Gasteiger partial charge < -0.3 is 15.2 Å². The molecule has 1 aromatic carbocycles. The Labute approximate surface area is 245 Å². The Morgan fingerprint density at radius 2 is 1.81 bits per heavy atom. The summed E-state index contributed by atoms with van der Waals surface area (Å²) in [6.07, 6.45) is -0.449. The zero-order chi connectivity index (χ0) is 30.5. The molecule has 1 saturated carbocycles. The van der Waals surface area contributed by atoms with Crippen LogP contribution in [0.2, 0.25) is 0 Å². The largest absolute Gasteiger partial charge is 0.481 e. The fraction of sp³-hybridized carbons (Fsp3) is 0.481. The molecule has 2 heterocycles. The predicted octanol–water partition coefficient (Wildman–Crippen LogP) is 5.12. The fourth-order valence-electron chi connectivity index (χ4n) is 4.98. The molecule has 1 fully saturated rings. The fourth-order valence-corrected chi connectivity index (χ4v) is 7.25. The molecule has 4 rings (SSSR count). The number of pyridine rings is 1. The third kappa shape index (κ3) is 7.82. The second kappa shape index (κ2) is 13.4. The van der Waals surface area contributed by atoms with Crippen molar-refractivity contribution in [1.29, 1.82) is 0 Å². The molecular weight excluding hydrogens is 597 g/mol. The molecule has 0 radical (unpaired) electrons. The van der Waals surface area contributed by atoms with Gasteiger partial charge in [0.2, 0.25) is 15.9 Å². The zero-order valence-electron chi connectivity index (χ0n) is 22.8. The van der Waals surface area contributed by atoms with Crippen molar-refractivity contribution < 1.29 is 41.0 Å². The van der Waals surface area contributed by atoms with Crippen molar-refractivity contribution in [2.24, 2.45) is 5.92 Å². The molecule has 1 aliphatic carbocycles. The number of carbonyl (C=O) groups excluding carboxylic acids is 1. The summed E-state index contributed by atoms with van der Waals surface area (Å²) in [5.41, 5.74) is -0.244. The number of aliphatic carboxylic acids is 1. The minimum absolute atomic E-state index is 0.0257. The number of ether oxygens (including phenoxy) is 1. The van der Waals surface area contributed by atoms with E-state index in [9.17, 15) is 31.2 Å². The van der Waals surface area contributed by atoms with Gasteiger partial charge in [0, 0.05) is 20.2 Å². The number of carboxylic acid groups (broad SMARTS) is 1. The number of benzene rings is 1. The van der Waals surface area contributed by atoms with Crippen LogP contribution in [0.3, 0.4) is 0 Å². The lowest BCUT2D eigenvalue weighted by Gasteiger charge is -2.23. The summed E-state index contributed by atoms with van der Waals surface area (Å²) in [4.78, 5) is 32.4. The van der Waals surface area contributed by atoms with E-state index in [1.807, 2.05) is 0 Å². The number of sulfonamides is 1. The van der Waals surface area contributed by atoms with E-state index >= 15 is 0 Å². The van der Waals surface area contributed by atoms with Gasteiger partial charge in [0.15, 0.2) is 5.13 Å². The third-order valence-corrected chi connectivity index (χ3v) is 9.97. The molecule has 42 heavy (non-hydrogen) atoms. The van der Waals surface area contributed by atoms with Gasteiger partial charge in [-0.1, -0.05) is 49.2 Å². The smallest absolute Gasteiger partial charge is 0.433 e. The number of thiazole rings is 1. The van der Waals surface area contributed by atoms with Crippen molar-refractivity contribution in [2.75, 3.05) is 32.1 Å². The molecule has 0 spiro atoms. The first kappa shape index (κ1) is 31.8. The molecule has 0 saturated heterocycles. The van der Waals surface area contributed by atoms with Gasteiger partial charge >= 0.3 is 12.1 Å². The summed E-state index contributed by atoms with van der Waals surface area (Å²) in [6.45, 7) is -0.168. The van der Waals surface area contributed by atoms with Crippen LogP contribution in [0.25, 0.3) is 10.3 Å². The summed E-state index contributed by atoms with van der Waals surface area (Å²) in [7, 11) is -2.62. The molecule has 228 valence electrons. The third-order valence-electron chi connectivity index (χ3n) is 7.18. The summed E-state index contributed by atoms with van der Waals surface area (Å²) in [5, 5.41) is 11.9. The Kier molecular flexibility index (Phi) is 10.2. The van der Waals surface area contributed by atoms with Crippen LogP contribution < -0.4 is 5.32 Å². The summed E-state index contributed by atoms with van der Waals surface area (Å²) in [5.74, 6) is -1.91. The van der Waals surface area contributed by atoms with Gasteiger partial charge in [-0.2, -0.15) is 17.5 Å². The van der Waals surface area contributed by atoms with E-state index in [-0.39, 0.29) is 52.4 Å². The number of fused-ring (bicyclic) bond motifs is 1. The Hall–Kier alpha value is -3.14. The summed E-state index contributed by atoms with van der Waals surface area (Å²) in [6, 6.07) is 7.95. The van der Waals surface area contributed by atoms with E-state index in [4.69, 9.17) is 9.84 Å². The first-order valence-corrected chi connectivity index (χ1v) is 15.6. The number of methoxy groups -OCH3 is 1. The number of carboxylic acids is 1. The van der Waals surface area contributed by atoms with Crippen LogP contribution in [-0.2, 0) is 30.5 Å². The van der Waals surface area contributed by atoms with Crippen molar-refractivity contribution >= 4 is 48.7 Å². The van der Waals surface area contributed by atoms with E-state index in [0.717, 1.165) is 47.4 Å². The molecule has 2 N–H and O–H groups in total. The first-order chi connectivity index (χ1) is 19.9. The predicted molar refractivity (Wildman–Crippen MR) is 150 cm³/mol. The van der Waals surface area contributed by atoms with Crippen LogP contribution in [0, 0.1) is 5.92 Å². The average molecular weight is 629 g/mol. The lowest BCUT2D eigenvalue weighted by atomic mass is 9.87. The normalized spacial score (nSPS) is 15.4. The second-order valence-corrected chi connectivity index (χ2v) is 13.0. The van der Waals surface area contributed by atoms with Crippen molar-refractivity contribution in [2.45, 2.75) is 55.5 Å². The number of alkyl halides is 3. The number of amides is 1. The highest BCUT2D eigenvalue weighted by atomic mass is 32.2. The number of nitrogens with zero attached hydrogens (tertiary/aromatic N) is 3. The average Bonchev–Trinajstić information content (AvgIpc) is 3.60. The Morgan fingerprint density at radius 3 is 2.43 bits per heavy atom. The highest BCUT2D eigenvalue weighted by Gasteiger charge is 2.33. The molecule has 0 unspecified atom stereocenters. The molecule has 1 aliphatic rings. The molecule has 10 nitrogen and oxygen atoms in total. The monoisotopic (exact) mass is 628 g/mol. The summed E-state index contributed by atoms with van der Waals surface area (Å²) >= 11 is 0.842. The van der Waals surface area contributed by atoms with Crippen LogP contribution >= 0.6 is 11.3 Å². The van der Waals surface area contributed by atoms with Crippen LogP contribution in [-0.4, -0.2) is 66.5 Å². The highest BCUT2D eigenvalue weighted by molar-refractivity contribution is 7.89. The van der Waals surface area contributed by atoms with E-state index < -0.39 is 39.7 Å². The Morgan fingerprint density at radius 1 is 1.12 bits per heavy atom. The standard InChI is InChI=1S/C27H31F3N4O6S2/c1-40-15-14-34(13-12-23(35)36)42(38,39)19-8-6-18(7-9-19)20(16-17-4-2-3-5-17)24(37)33-26-31-21-10-11-22(27(28,29)30)32-25(21)41-26/h6-11,17,20H,2-5,12-16H2,1H3,(H,35,36)(H,31,33,37)/t20-/m1/s1. The van der Waals surface area contributed by atoms with Gasteiger partial charge in [-0.3, -0.25) is 9.59 Å². The topological polar surface area (TPSA) is 139 Å². The van der Waals surface area contributed by atoms with Crippen LogP contribution in [0.4, 0.5) is 18.3 Å². The number of nitrogens with one attached hydrogen (secondary N) is 1. The van der Waals surface area contributed by atoms with Gasteiger partial charge in [-0.25, -0.2) is 18.4 Å². The number of carbonyl (C=O) groups is 2. The number of hydrogen-bond acceptors (Lipinski definition) is 8. The minimum atomic E-state index is -4.61. The lowest BCUT2D eigenvalue weighted by molar-refractivity contribution is -0.141. The Bertz CT molecular complexity index is 1510. The number of rotatable bonds is 13. The van der Waals surface area contributed by atoms with Crippen molar-refractivity contribution in [1.82, 2.24) is 14.3 Å². The van der Waals surface area contributed by atoms with Crippen LogP contribution in [0.15, 0.2) is 41.3 Å². The van der Waals surface area contributed by atoms with E-state index in [1.54, 1.807) is 12.1 Å². The first-order valence-electron chi connectivity index (χ1n) is 13.3. The van der Waals surface area contributed by atoms with Gasteiger partial charge in [0.25, 0.3) is 0 Å².